The van der Waals surface area contributed by atoms with Gasteiger partial charge in [-0.05, 0) is 12.5 Å². The lowest BCUT2D eigenvalue weighted by Crippen LogP contribution is -1.73. The van der Waals surface area contributed by atoms with Gasteiger partial charge in [-0.15, -0.1) is 11.3 Å². The van der Waals surface area contributed by atoms with E-state index in [1.807, 2.05) is 12.3 Å². The highest BCUT2D eigenvalue weighted by molar-refractivity contribution is 7.18. The Balaban J connectivity index is 2.46. The van der Waals surface area contributed by atoms with E-state index in [9.17, 15) is 0 Å². The molecule has 0 aliphatic rings. The van der Waals surface area contributed by atoms with Crippen LogP contribution in [-0.2, 0) is 0 Å². The lowest BCUT2D eigenvalue weighted by Gasteiger charge is -1.96. The number of rotatable bonds is 1. The first-order chi connectivity index (χ1) is 6.25. The number of halogens is 1. The Bertz CT molecular complexity index is 422. The molecule has 0 aliphatic carbocycles. The fourth-order valence-electron chi connectivity index (χ4n) is 1.18. The number of benzene rings is 1. The maximum Gasteiger partial charge on any atom is 0.184 e. The van der Waals surface area contributed by atoms with Gasteiger partial charge in [-0.3, -0.25) is 0 Å². The van der Waals surface area contributed by atoms with Gasteiger partial charge >= 0.3 is 0 Å². The van der Waals surface area contributed by atoms with Crippen LogP contribution < -0.4 is 0 Å². The molecule has 0 unspecified atom stereocenters. The Hall–Kier alpha value is -0.860. The average molecular weight is 210 g/mol. The topological polar surface area (TPSA) is 12.9 Å². The van der Waals surface area contributed by atoms with Crippen LogP contribution in [0.4, 0.5) is 0 Å². The normalized spacial score (nSPS) is 10.3. The standard InChI is InChI=1S/C10H8ClNS/c1-7-3-2-4-8(5-7)9-6-12-10(11)13-9/h2-6H,1H3. The van der Waals surface area contributed by atoms with Crippen LogP contribution in [0, 0.1) is 6.92 Å². The monoisotopic (exact) mass is 209 g/mol. The zero-order valence-corrected chi connectivity index (χ0v) is 8.69. The summed E-state index contributed by atoms with van der Waals surface area (Å²) in [6.07, 6.45) is 1.81. The summed E-state index contributed by atoms with van der Waals surface area (Å²) in [6.45, 7) is 2.08. The molecule has 0 radical (unpaired) electrons. The van der Waals surface area contributed by atoms with E-state index in [2.05, 4.69) is 30.1 Å². The third-order valence-electron chi connectivity index (χ3n) is 1.78. The van der Waals surface area contributed by atoms with Gasteiger partial charge < -0.3 is 0 Å². The van der Waals surface area contributed by atoms with Crippen molar-refractivity contribution in [2.24, 2.45) is 0 Å². The van der Waals surface area contributed by atoms with Crippen LogP contribution in [0.15, 0.2) is 30.5 Å². The molecule has 0 saturated heterocycles. The van der Waals surface area contributed by atoms with Crippen molar-refractivity contribution in [2.45, 2.75) is 6.92 Å². The lowest BCUT2D eigenvalue weighted by atomic mass is 10.1. The highest BCUT2D eigenvalue weighted by Gasteiger charge is 2.01. The molecule has 0 atom stereocenters. The van der Waals surface area contributed by atoms with Crippen LogP contribution in [0.25, 0.3) is 10.4 Å². The minimum Gasteiger partial charge on any atom is -0.233 e. The van der Waals surface area contributed by atoms with Crippen LogP contribution in [0.2, 0.25) is 4.47 Å². The predicted molar refractivity (Wildman–Crippen MR) is 57.3 cm³/mol. The summed E-state index contributed by atoms with van der Waals surface area (Å²) >= 11 is 7.26. The van der Waals surface area contributed by atoms with Gasteiger partial charge in [0.05, 0.1) is 4.88 Å². The second-order valence-corrected chi connectivity index (χ2v) is 4.46. The molecule has 0 aliphatic heterocycles. The van der Waals surface area contributed by atoms with E-state index in [0.29, 0.717) is 4.47 Å². The number of aromatic nitrogens is 1. The fourth-order valence-corrected chi connectivity index (χ4v) is 2.12. The number of nitrogens with zero attached hydrogens (tertiary/aromatic N) is 1. The summed E-state index contributed by atoms with van der Waals surface area (Å²) in [6, 6.07) is 8.31. The summed E-state index contributed by atoms with van der Waals surface area (Å²) in [4.78, 5) is 5.13. The summed E-state index contributed by atoms with van der Waals surface area (Å²) in [7, 11) is 0. The third-order valence-corrected chi connectivity index (χ3v) is 2.94. The van der Waals surface area contributed by atoms with Crippen LogP contribution in [0.1, 0.15) is 5.56 Å². The highest BCUT2D eigenvalue weighted by atomic mass is 35.5. The second kappa shape index (κ2) is 3.48. The fraction of sp³-hybridized carbons (Fsp3) is 0.100. The smallest absolute Gasteiger partial charge is 0.184 e. The summed E-state index contributed by atoms with van der Waals surface area (Å²) < 4.78 is 0.594. The molecule has 1 heterocycles. The Morgan fingerprint density at radius 2 is 2.23 bits per heavy atom. The number of hydrogen-bond acceptors (Lipinski definition) is 2. The van der Waals surface area contributed by atoms with E-state index >= 15 is 0 Å². The summed E-state index contributed by atoms with van der Waals surface area (Å²) in [5.41, 5.74) is 2.44. The van der Waals surface area contributed by atoms with Gasteiger partial charge in [-0.2, -0.15) is 0 Å². The number of aryl methyl sites for hydroxylation is 1. The SMILES string of the molecule is Cc1cccc(-c2cnc(Cl)s2)c1. The van der Waals surface area contributed by atoms with Gasteiger partial charge in [0.15, 0.2) is 4.47 Å². The zero-order valence-electron chi connectivity index (χ0n) is 7.12. The molecule has 0 fully saturated rings. The summed E-state index contributed by atoms with van der Waals surface area (Å²) in [5.74, 6) is 0. The zero-order chi connectivity index (χ0) is 9.26. The minimum absolute atomic E-state index is 0.594. The van der Waals surface area contributed by atoms with Crippen molar-refractivity contribution in [3.8, 4) is 10.4 Å². The van der Waals surface area contributed by atoms with Gasteiger partial charge in [-0.1, -0.05) is 41.4 Å². The molecular formula is C10H8ClNS. The van der Waals surface area contributed by atoms with Crippen molar-refractivity contribution in [3.05, 3.63) is 40.5 Å². The number of hydrogen-bond donors (Lipinski definition) is 0. The third kappa shape index (κ3) is 1.90. The van der Waals surface area contributed by atoms with E-state index in [-0.39, 0.29) is 0 Å². The summed E-state index contributed by atoms with van der Waals surface area (Å²) in [5, 5.41) is 0. The predicted octanol–water partition coefficient (Wildman–Crippen LogP) is 3.77. The van der Waals surface area contributed by atoms with Gasteiger partial charge in [0.2, 0.25) is 0 Å². The highest BCUT2D eigenvalue weighted by Crippen LogP contribution is 2.28. The number of thiazole rings is 1. The Morgan fingerprint density at radius 1 is 1.38 bits per heavy atom. The second-order valence-electron chi connectivity index (χ2n) is 2.85. The molecule has 13 heavy (non-hydrogen) atoms. The van der Waals surface area contributed by atoms with Crippen LogP contribution in [-0.4, -0.2) is 4.98 Å². The molecule has 2 aromatic rings. The van der Waals surface area contributed by atoms with Gasteiger partial charge in [0, 0.05) is 6.20 Å². The minimum atomic E-state index is 0.594. The Labute approximate surface area is 86.0 Å². The molecule has 2 rings (SSSR count). The first kappa shape index (κ1) is 8.73. The van der Waals surface area contributed by atoms with Crippen molar-refractivity contribution < 1.29 is 0 Å². The molecule has 1 aromatic heterocycles. The van der Waals surface area contributed by atoms with E-state index in [1.165, 1.54) is 22.5 Å². The lowest BCUT2D eigenvalue weighted by molar-refractivity contribution is 1.42. The van der Waals surface area contributed by atoms with E-state index < -0.39 is 0 Å². The first-order valence-corrected chi connectivity index (χ1v) is 5.13. The first-order valence-electron chi connectivity index (χ1n) is 3.94. The largest absolute Gasteiger partial charge is 0.233 e. The molecule has 3 heteroatoms. The van der Waals surface area contributed by atoms with E-state index in [0.717, 1.165) is 4.88 Å². The van der Waals surface area contributed by atoms with E-state index in [1.54, 1.807) is 0 Å². The molecule has 0 bridgehead atoms. The maximum absolute atomic E-state index is 5.76. The van der Waals surface area contributed by atoms with Crippen LogP contribution >= 0.6 is 22.9 Å². The van der Waals surface area contributed by atoms with Gasteiger partial charge in [0.1, 0.15) is 0 Å². The van der Waals surface area contributed by atoms with Crippen molar-refractivity contribution in [1.29, 1.82) is 0 Å². The van der Waals surface area contributed by atoms with Crippen molar-refractivity contribution >= 4 is 22.9 Å². The Morgan fingerprint density at radius 3 is 2.85 bits per heavy atom. The molecule has 0 N–H and O–H groups in total. The molecular weight excluding hydrogens is 202 g/mol. The van der Waals surface area contributed by atoms with E-state index in [4.69, 9.17) is 11.6 Å². The van der Waals surface area contributed by atoms with Gasteiger partial charge in [-0.25, -0.2) is 4.98 Å². The van der Waals surface area contributed by atoms with Crippen LogP contribution in [0.5, 0.6) is 0 Å². The average Bonchev–Trinajstić information content (AvgIpc) is 2.52. The molecule has 66 valence electrons. The van der Waals surface area contributed by atoms with Gasteiger partial charge in [0.25, 0.3) is 0 Å². The molecule has 0 saturated carbocycles. The molecule has 1 nitrogen and oxygen atoms in total. The molecule has 0 spiro atoms. The molecule has 1 aromatic carbocycles. The molecule has 0 amide bonds. The maximum atomic E-state index is 5.76. The van der Waals surface area contributed by atoms with Crippen LogP contribution in [0.3, 0.4) is 0 Å². The van der Waals surface area contributed by atoms with Crippen molar-refractivity contribution in [1.82, 2.24) is 4.98 Å². The van der Waals surface area contributed by atoms with Crippen molar-refractivity contribution in [3.63, 3.8) is 0 Å². The quantitative estimate of drug-likeness (QED) is 0.697. The Kier molecular flexibility index (Phi) is 2.34. The van der Waals surface area contributed by atoms with Crippen molar-refractivity contribution in [2.75, 3.05) is 0 Å².